The molecule has 0 atom stereocenters. The van der Waals surface area contributed by atoms with Gasteiger partial charge in [-0.3, -0.25) is 9.20 Å². The molecule has 3 rings (SSSR count). The average Bonchev–Trinajstić information content (AvgIpc) is 2.91. The fourth-order valence-corrected chi connectivity index (χ4v) is 3.10. The molecule has 118 valence electrons. The maximum absolute atomic E-state index is 13.5. The first-order chi connectivity index (χ1) is 11.0. The van der Waals surface area contributed by atoms with Crippen LogP contribution in [0.2, 0.25) is 10.0 Å². The van der Waals surface area contributed by atoms with Crippen molar-refractivity contribution in [2.45, 2.75) is 5.16 Å². The van der Waals surface area contributed by atoms with Crippen molar-refractivity contribution in [3.63, 3.8) is 0 Å². The largest absolute Gasteiger partial charge is 0.323 e. The zero-order chi connectivity index (χ0) is 16.4. The van der Waals surface area contributed by atoms with Crippen molar-refractivity contribution in [1.29, 1.82) is 0 Å². The molecule has 3 aromatic rings. The highest BCUT2D eigenvalue weighted by Crippen LogP contribution is 2.25. The van der Waals surface area contributed by atoms with E-state index in [0.717, 1.165) is 11.8 Å². The average molecular weight is 371 g/mol. The van der Waals surface area contributed by atoms with Gasteiger partial charge in [0.15, 0.2) is 10.8 Å². The van der Waals surface area contributed by atoms with Gasteiger partial charge in [-0.1, -0.05) is 47.1 Å². The minimum atomic E-state index is -0.489. The fraction of sp³-hybridized carbons (Fsp3) is 0.0714. The lowest BCUT2D eigenvalue weighted by Crippen LogP contribution is -2.15. The molecule has 0 spiro atoms. The van der Waals surface area contributed by atoms with Crippen LogP contribution in [0, 0.1) is 5.82 Å². The Morgan fingerprint density at radius 1 is 1.30 bits per heavy atom. The Morgan fingerprint density at radius 2 is 2.09 bits per heavy atom. The summed E-state index contributed by atoms with van der Waals surface area (Å²) in [7, 11) is 0. The second kappa shape index (κ2) is 6.74. The maximum Gasteiger partial charge on any atom is 0.234 e. The van der Waals surface area contributed by atoms with Gasteiger partial charge in [0.2, 0.25) is 5.91 Å². The number of nitrogens with one attached hydrogen (secondary N) is 1. The van der Waals surface area contributed by atoms with Crippen molar-refractivity contribution in [2.24, 2.45) is 0 Å². The van der Waals surface area contributed by atoms with Crippen molar-refractivity contribution >= 4 is 52.2 Å². The Labute approximate surface area is 144 Å². The molecule has 2 heterocycles. The quantitative estimate of drug-likeness (QED) is 0.707. The van der Waals surface area contributed by atoms with Crippen LogP contribution in [0.4, 0.5) is 10.1 Å². The molecule has 23 heavy (non-hydrogen) atoms. The second-order valence-corrected chi connectivity index (χ2v) is 6.29. The number of halogens is 3. The van der Waals surface area contributed by atoms with Gasteiger partial charge < -0.3 is 5.32 Å². The first-order valence-electron chi connectivity index (χ1n) is 6.41. The SMILES string of the molecule is O=C(CSc1nnc2c(Cl)cc(Cl)cn12)Nc1ccccc1F. The van der Waals surface area contributed by atoms with E-state index in [4.69, 9.17) is 23.2 Å². The Balaban J connectivity index is 1.71. The predicted molar refractivity (Wildman–Crippen MR) is 88.8 cm³/mol. The lowest BCUT2D eigenvalue weighted by atomic mass is 10.3. The molecule has 0 saturated carbocycles. The number of nitrogens with zero attached hydrogens (tertiary/aromatic N) is 3. The standard InChI is InChI=1S/C14H9Cl2FN4OS/c15-8-5-9(16)13-19-20-14(21(13)6-8)23-7-12(22)18-11-4-2-1-3-10(11)17/h1-6H,7H2,(H,18,22). The summed E-state index contributed by atoms with van der Waals surface area (Å²) in [5, 5.41) is 11.7. The van der Waals surface area contributed by atoms with Gasteiger partial charge in [-0.15, -0.1) is 10.2 Å². The number of rotatable bonds is 4. The molecule has 0 saturated heterocycles. The van der Waals surface area contributed by atoms with E-state index in [-0.39, 0.29) is 17.3 Å². The summed E-state index contributed by atoms with van der Waals surface area (Å²) in [6.45, 7) is 0. The van der Waals surface area contributed by atoms with Crippen molar-refractivity contribution in [2.75, 3.05) is 11.1 Å². The molecule has 0 aliphatic rings. The lowest BCUT2D eigenvalue weighted by Gasteiger charge is -2.05. The number of amides is 1. The molecule has 0 unspecified atom stereocenters. The van der Waals surface area contributed by atoms with E-state index in [1.807, 2.05) is 0 Å². The van der Waals surface area contributed by atoms with Crippen molar-refractivity contribution in [1.82, 2.24) is 14.6 Å². The topological polar surface area (TPSA) is 59.3 Å². The van der Waals surface area contributed by atoms with E-state index < -0.39 is 5.82 Å². The molecule has 2 aromatic heterocycles. The highest BCUT2D eigenvalue weighted by molar-refractivity contribution is 7.99. The number of hydrogen-bond acceptors (Lipinski definition) is 4. The molecular weight excluding hydrogens is 362 g/mol. The van der Waals surface area contributed by atoms with Gasteiger partial charge in [-0.05, 0) is 18.2 Å². The van der Waals surface area contributed by atoms with Gasteiger partial charge in [0.1, 0.15) is 5.82 Å². The summed E-state index contributed by atoms with van der Waals surface area (Å²) in [5.74, 6) is -0.804. The number of para-hydroxylation sites is 1. The van der Waals surface area contributed by atoms with Crippen LogP contribution in [0.15, 0.2) is 41.7 Å². The number of carbonyl (C=O) groups is 1. The number of thioether (sulfide) groups is 1. The van der Waals surface area contributed by atoms with Crippen LogP contribution in [0.25, 0.3) is 5.65 Å². The number of aromatic nitrogens is 3. The maximum atomic E-state index is 13.5. The Bertz CT molecular complexity index is 886. The Morgan fingerprint density at radius 3 is 2.87 bits per heavy atom. The van der Waals surface area contributed by atoms with Crippen LogP contribution in [0.1, 0.15) is 0 Å². The number of carbonyl (C=O) groups excluding carboxylic acids is 1. The smallest absolute Gasteiger partial charge is 0.234 e. The van der Waals surface area contributed by atoms with E-state index in [1.165, 1.54) is 12.1 Å². The first kappa shape index (κ1) is 16.0. The Kier molecular flexibility index (Phi) is 4.70. The molecule has 0 aliphatic heterocycles. The number of fused-ring (bicyclic) bond motifs is 1. The van der Waals surface area contributed by atoms with Crippen LogP contribution in [0.3, 0.4) is 0 Å². The van der Waals surface area contributed by atoms with Crippen molar-refractivity contribution in [3.8, 4) is 0 Å². The third-order valence-corrected chi connectivity index (χ3v) is 4.30. The van der Waals surface area contributed by atoms with Crippen LogP contribution in [-0.2, 0) is 4.79 Å². The lowest BCUT2D eigenvalue weighted by molar-refractivity contribution is -0.113. The number of anilines is 1. The van der Waals surface area contributed by atoms with Gasteiger partial charge in [0, 0.05) is 6.20 Å². The third kappa shape index (κ3) is 3.57. The van der Waals surface area contributed by atoms with E-state index in [9.17, 15) is 9.18 Å². The van der Waals surface area contributed by atoms with E-state index >= 15 is 0 Å². The van der Waals surface area contributed by atoms with Crippen LogP contribution >= 0.6 is 35.0 Å². The monoisotopic (exact) mass is 370 g/mol. The molecule has 1 aromatic carbocycles. The zero-order valence-corrected chi connectivity index (χ0v) is 13.8. The van der Waals surface area contributed by atoms with Crippen LogP contribution in [0.5, 0.6) is 0 Å². The molecule has 0 bridgehead atoms. The van der Waals surface area contributed by atoms with Gasteiger partial charge >= 0.3 is 0 Å². The zero-order valence-electron chi connectivity index (χ0n) is 11.5. The highest BCUT2D eigenvalue weighted by atomic mass is 35.5. The molecule has 0 radical (unpaired) electrons. The van der Waals surface area contributed by atoms with E-state index in [1.54, 1.807) is 28.8 Å². The van der Waals surface area contributed by atoms with Gasteiger partial charge in [0.25, 0.3) is 0 Å². The van der Waals surface area contributed by atoms with E-state index in [0.29, 0.717) is 20.8 Å². The number of pyridine rings is 1. The summed E-state index contributed by atoms with van der Waals surface area (Å²) >= 11 is 13.1. The summed E-state index contributed by atoms with van der Waals surface area (Å²) < 4.78 is 15.1. The van der Waals surface area contributed by atoms with Gasteiger partial charge in [0.05, 0.1) is 21.5 Å². The summed E-state index contributed by atoms with van der Waals surface area (Å²) in [6.07, 6.45) is 1.61. The van der Waals surface area contributed by atoms with Gasteiger partial charge in [-0.25, -0.2) is 4.39 Å². The van der Waals surface area contributed by atoms with Crippen molar-refractivity contribution < 1.29 is 9.18 Å². The molecule has 1 N–H and O–H groups in total. The predicted octanol–water partition coefficient (Wildman–Crippen LogP) is 3.91. The second-order valence-electron chi connectivity index (χ2n) is 4.50. The first-order valence-corrected chi connectivity index (χ1v) is 8.15. The molecule has 0 aliphatic carbocycles. The minimum Gasteiger partial charge on any atom is -0.323 e. The summed E-state index contributed by atoms with van der Waals surface area (Å²) in [6, 6.07) is 7.52. The molecule has 0 fully saturated rings. The van der Waals surface area contributed by atoms with Crippen LogP contribution in [-0.4, -0.2) is 26.3 Å². The van der Waals surface area contributed by atoms with Crippen molar-refractivity contribution in [3.05, 3.63) is 52.4 Å². The van der Waals surface area contributed by atoms with Gasteiger partial charge in [-0.2, -0.15) is 0 Å². The normalized spacial score (nSPS) is 10.9. The minimum absolute atomic E-state index is 0.0409. The van der Waals surface area contributed by atoms with E-state index in [2.05, 4.69) is 15.5 Å². The summed E-state index contributed by atoms with van der Waals surface area (Å²) in [5.41, 5.74) is 0.586. The number of hydrogen-bond donors (Lipinski definition) is 1. The fourth-order valence-electron chi connectivity index (χ4n) is 1.88. The summed E-state index contributed by atoms with van der Waals surface area (Å²) in [4.78, 5) is 11.9. The Hall–Kier alpha value is -1.83. The molecule has 5 nitrogen and oxygen atoms in total. The third-order valence-electron chi connectivity index (χ3n) is 2.88. The molecule has 1 amide bonds. The molecular formula is C14H9Cl2FN4OS. The van der Waals surface area contributed by atoms with Crippen LogP contribution < -0.4 is 5.32 Å². The molecule has 9 heteroatoms. The number of benzene rings is 1. The highest BCUT2D eigenvalue weighted by Gasteiger charge is 2.13.